The molecule has 3 rings (SSSR count). The lowest BCUT2D eigenvalue weighted by atomic mass is 10.1. The molecule has 1 aliphatic carbocycles. The van der Waals surface area contributed by atoms with Crippen LogP contribution in [0.2, 0.25) is 0 Å². The molecule has 0 aromatic heterocycles. The second-order valence-electron chi connectivity index (χ2n) is 8.41. The topological polar surface area (TPSA) is 60.0 Å². The van der Waals surface area contributed by atoms with Gasteiger partial charge in [-0.15, -0.1) is 0 Å². The maximum absolute atomic E-state index is 12.6. The predicted octanol–water partition coefficient (Wildman–Crippen LogP) is 2.21. The lowest BCUT2D eigenvalue weighted by Gasteiger charge is -2.21. The SMILES string of the molecule is CCNC(=NCCCCN1CCCC1)NC1CCN(C(=O)C2CCCC2)C1. The quantitative estimate of drug-likeness (QED) is 0.387. The Labute approximate surface area is 165 Å². The van der Waals surface area contributed by atoms with Crippen LogP contribution in [0.25, 0.3) is 0 Å². The minimum atomic E-state index is 0.293. The minimum absolute atomic E-state index is 0.293. The van der Waals surface area contributed by atoms with E-state index in [1.54, 1.807) is 0 Å². The third kappa shape index (κ3) is 6.37. The largest absolute Gasteiger partial charge is 0.357 e. The maximum Gasteiger partial charge on any atom is 0.225 e. The van der Waals surface area contributed by atoms with E-state index in [1.807, 2.05) is 0 Å². The van der Waals surface area contributed by atoms with Crippen LogP contribution in [-0.4, -0.2) is 73.5 Å². The normalized spacial score (nSPS) is 24.7. The molecular weight excluding hydrogens is 338 g/mol. The van der Waals surface area contributed by atoms with Crippen molar-refractivity contribution in [1.29, 1.82) is 0 Å². The van der Waals surface area contributed by atoms with E-state index >= 15 is 0 Å². The van der Waals surface area contributed by atoms with Crippen molar-refractivity contribution < 1.29 is 4.79 Å². The monoisotopic (exact) mass is 377 g/mol. The number of hydrogen-bond acceptors (Lipinski definition) is 3. The zero-order valence-corrected chi connectivity index (χ0v) is 17.2. The Hall–Kier alpha value is -1.30. The van der Waals surface area contributed by atoms with E-state index in [-0.39, 0.29) is 0 Å². The third-order valence-electron chi connectivity index (χ3n) is 6.24. The molecule has 1 saturated carbocycles. The Kier molecular flexibility index (Phi) is 8.24. The standard InChI is InChI=1S/C21H39N5O/c1-2-22-21(23-12-5-6-13-25-14-7-8-15-25)24-19-11-16-26(17-19)20(27)18-9-3-4-10-18/h18-19H,2-17H2,1H3,(H2,22,23,24). The molecule has 1 atom stereocenters. The van der Waals surface area contributed by atoms with Crippen LogP contribution >= 0.6 is 0 Å². The molecule has 2 aliphatic heterocycles. The molecule has 0 aromatic carbocycles. The third-order valence-corrected chi connectivity index (χ3v) is 6.24. The van der Waals surface area contributed by atoms with Gasteiger partial charge in [-0.25, -0.2) is 0 Å². The summed E-state index contributed by atoms with van der Waals surface area (Å²) in [6.45, 7) is 9.36. The number of rotatable bonds is 8. The fraction of sp³-hybridized carbons (Fsp3) is 0.905. The van der Waals surface area contributed by atoms with Gasteiger partial charge < -0.3 is 20.4 Å². The lowest BCUT2D eigenvalue weighted by Crippen LogP contribution is -2.45. The van der Waals surface area contributed by atoms with Crippen molar-refractivity contribution in [3.05, 3.63) is 0 Å². The van der Waals surface area contributed by atoms with Gasteiger partial charge in [-0.05, 0) is 71.5 Å². The van der Waals surface area contributed by atoms with Gasteiger partial charge in [0.05, 0.1) is 0 Å². The molecule has 2 heterocycles. The number of hydrogen-bond donors (Lipinski definition) is 2. The van der Waals surface area contributed by atoms with Crippen molar-refractivity contribution in [2.45, 2.75) is 70.8 Å². The van der Waals surface area contributed by atoms with Crippen LogP contribution in [0.5, 0.6) is 0 Å². The van der Waals surface area contributed by atoms with E-state index < -0.39 is 0 Å². The van der Waals surface area contributed by atoms with Gasteiger partial charge in [0.2, 0.25) is 5.91 Å². The van der Waals surface area contributed by atoms with Crippen LogP contribution in [0.1, 0.15) is 64.7 Å². The van der Waals surface area contributed by atoms with Crippen molar-refractivity contribution in [1.82, 2.24) is 20.4 Å². The fourth-order valence-electron chi connectivity index (χ4n) is 4.67. The number of amides is 1. The molecule has 1 amide bonds. The Morgan fingerprint density at radius 3 is 2.56 bits per heavy atom. The number of nitrogens with one attached hydrogen (secondary N) is 2. The van der Waals surface area contributed by atoms with Gasteiger partial charge in [-0.2, -0.15) is 0 Å². The summed E-state index contributed by atoms with van der Waals surface area (Å²) in [6, 6.07) is 0.331. The van der Waals surface area contributed by atoms with E-state index in [1.165, 1.54) is 51.7 Å². The number of carbonyl (C=O) groups is 1. The summed E-state index contributed by atoms with van der Waals surface area (Å²) in [4.78, 5) is 22.0. The zero-order valence-electron chi connectivity index (χ0n) is 17.2. The maximum atomic E-state index is 12.6. The molecule has 6 heteroatoms. The molecule has 27 heavy (non-hydrogen) atoms. The van der Waals surface area contributed by atoms with Gasteiger partial charge in [0.1, 0.15) is 0 Å². The Bertz CT molecular complexity index is 483. The Morgan fingerprint density at radius 2 is 1.81 bits per heavy atom. The number of carbonyl (C=O) groups excluding carboxylic acids is 1. The molecule has 0 aromatic rings. The molecule has 154 valence electrons. The van der Waals surface area contributed by atoms with Gasteiger partial charge >= 0.3 is 0 Å². The molecule has 2 saturated heterocycles. The summed E-state index contributed by atoms with van der Waals surface area (Å²) in [6.07, 6.45) is 10.8. The van der Waals surface area contributed by atoms with E-state index in [0.717, 1.165) is 57.8 Å². The lowest BCUT2D eigenvalue weighted by molar-refractivity contribution is -0.134. The highest BCUT2D eigenvalue weighted by molar-refractivity contribution is 5.81. The molecule has 3 aliphatic rings. The molecule has 1 unspecified atom stereocenters. The van der Waals surface area contributed by atoms with Crippen molar-refractivity contribution in [2.75, 3.05) is 45.8 Å². The first-order chi connectivity index (χ1) is 13.3. The first-order valence-corrected chi connectivity index (χ1v) is 11.3. The van der Waals surface area contributed by atoms with Gasteiger partial charge in [0, 0.05) is 38.1 Å². The van der Waals surface area contributed by atoms with E-state index in [0.29, 0.717) is 17.9 Å². The summed E-state index contributed by atoms with van der Waals surface area (Å²) in [5.74, 6) is 1.60. The molecule has 0 radical (unpaired) electrons. The second-order valence-corrected chi connectivity index (χ2v) is 8.41. The van der Waals surface area contributed by atoms with Crippen LogP contribution in [0.4, 0.5) is 0 Å². The number of unbranched alkanes of at least 4 members (excludes halogenated alkanes) is 1. The van der Waals surface area contributed by atoms with Crippen molar-refractivity contribution >= 4 is 11.9 Å². The van der Waals surface area contributed by atoms with Gasteiger partial charge in [-0.3, -0.25) is 9.79 Å². The zero-order chi connectivity index (χ0) is 18.9. The average Bonchev–Trinajstić information content (AvgIpc) is 3.43. The molecule has 6 nitrogen and oxygen atoms in total. The molecule has 2 N–H and O–H groups in total. The smallest absolute Gasteiger partial charge is 0.225 e. The average molecular weight is 378 g/mol. The van der Waals surface area contributed by atoms with Crippen molar-refractivity contribution in [3.63, 3.8) is 0 Å². The second kappa shape index (κ2) is 10.9. The minimum Gasteiger partial charge on any atom is -0.357 e. The first-order valence-electron chi connectivity index (χ1n) is 11.3. The Balaban J connectivity index is 1.37. The molecular formula is C21H39N5O. The number of guanidine groups is 1. The first kappa shape index (κ1) is 20.4. The molecule has 0 bridgehead atoms. The van der Waals surface area contributed by atoms with E-state index in [9.17, 15) is 4.79 Å². The fourth-order valence-corrected chi connectivity index (χ4v) is 4.67. The number of likely N-dealkylation sites (tertiary alicyclic amines) is 2. The highest BCUT2D eigenvalue weighted by Gasteiger charge is 2.32. The van der Waals surface area contributed by atoms with Crippen LogP contribution in [0.15, 0.2) is 4.99 Å². The van der Waals surface area contributed by atoms with Crippen LogP contribution in [0.3, 0.4) is 0 Å². The van der Waals surface area contributed by atoms with Crippen LogP contribution < -0.4 is 10.6 Å². The van der Waals surface area contributed by atoms with Gasteiger partial charge in [0.25, 0.3) is 0 Å². The van der Waals surface area contributed by atoms with Crippen LogP contribution in [-0.2, 0) is 4.79 Å². The highest BCUT2D eigenvalue weighted by atomic mass is 16.2. The summed E-state index contributed by atoms with van der Waals surface area (Å²) in [5.41, 5.74) is 0. The summed E-state index contributed by atoms with van der Waals surface area (Å²) >= 11 is 0. The predicted molar refractivity (Wildman–Crippen MR) is 111 cm³/mol. The number of aliphatic imine (C=N–C) groups is 1. The van der Waals surface area contributed by atoms with Gasteiger partial charge in [0.15, 0.2) is 5.96 Å². The van der Waals surface area contributed by atoms with E-state index in [2.05, 4.69) is 27.4 Å². The highest BCUT2D eigenvalue weighted by Crippen LogP contribution is 2.27. The van der Waals surface area contributed by atoms with E-state index in [4.69, 9.17) is 4.99 Å². The summed E-state index contributed by atoms with van der Waals surface area (Å²) < 4.78 is 0. The molecule has 0 spiro atoms. The Morgan fingerprint density at radius 1 is 1.04 bits per heavy atom. The van der Waals surface area contributed by atoms with Gasteiger partial charge in [-0.1, -0.05) is 12.8 Å². The summed E-state index contributed by atoms with van der Waals surface area (Å²) in [7, 11) is 0. The molecule has 3 fully saturated rings. The summed E-state index contributed by atoms with van der Waals surface area (Å²) in [5, 5.41) is 6.92. The number of nitrogens with zero attached hydrogens (tertiary/aromatic N) is 3. The van der Waals surface area contributed by atoms with Crippen LogP contribution in [0, 0.1) is 5.92 Å². The van der Waals surface area contributed by atoms with Crippen molar-refractivity contribution in [3.8, 4) is 0 Å². The van der Waals surface area contributed by atoms with Crippen molar-refractivity contribution in [2.24, 2.45) is 10.9 Å².